The van der Waals surface area contributed by atoms with Gasteiger partial charge in [-0.15, -0.1) is 0 Å². The molecule has 0 aliphatic rings. The third-order valence-electron chi connectivity index (χ3n) is 4.43. The first-order valence-corrected chi connectivity index (χ1v) is 11.0. The van der Waals surface area contributed by atoms with Crippen molar-refractivity contribution >= 4 is 39.9 Å². The number of nitrogens with zero attached hydrogens (tertiary/aromatic N) is 1. The third-order valence-corrected chi connectivity index (χ3v) is 6.08. The van der Waals surface area contributed by atoms with E-state index in [-0.39, 0.29) is 5.11 Å². The first kappa shape index (κ1) is 21.0. The number of hydrogen-bond acceptors (Lipinski definition) is 2. The average Bonchev–Trinajstić information content (AvgIpc) is 2.68. The molecule has 0 aliphatic carbocycles. The molecule has 3 aromatic carbocycles. The number of nitrogens with two attached hydrogens (primary N) is 1. The Bertz CT molecular complexity index is 1040. The van der Waals surface area contributed by atoms with Crippen LogP contribution in [0.4, 0.5) is 5.69 Å². The highest BCUT2D eigenvalue weighted by Gasteiger charge is 2.11. The van der Waals surface area contributed by atoms with Crippen LogP contribution in [0.1, 0.15) is 22.3 Å². The molecule has 0 amide bonds. The van der Waals surface area contributed by atoms with Gasteiger partial charge in [-0.3, -0.25) is 9.11 Å². The van der Waals surface area contributed by atoms with Gasteiger partial charge in [0.15, 0.2) is 5.11 Å². The van der Waals surface area contributed by atoms with Crippen molar-refractivity contribution in [3.8, 4) is 0 Å². The van der Waals surface area contributed by atoms with Crippen molar-refractivity contribution in [2.24, 2.45) is 5.73 Å². The summed E-state index contributed by atoms with van der Waals surface area (Å²) in [5.74, 6) is 0.474. The maximum atomic E-state index is 13.0. The van der Waals surface area contributed by atoms with Crippen LogP contribution in [0.15, 0.2) is 83.9 Å². The van der Waals surface area contributed by atoms with Gasteiger partial charge < -0.3 is 5.73 Å². The molecule has 0 aromatic heterocycles. The Morgan fingerprint density at radius 3 is 2.28 bits per heavy atom. The molecule has 0 saturated heterocycles. The van der Waals surface area contributed by atoms with Crippen molar-refractivity contribution in [3.63, 3.8) is 0 Å². The zero-order valence-electron chi connectivity index (χ0n) is 16.5. The van der Waals surface area contributed by atoms with Crippen LogP contribution in [-0.4, -0.2) is 9.32 Å². The first-order chi connectivity index (χ1) is 13.9. The summed E-state index contributed by atoms with van der Waals surface area (Å²) in [5.41, 5.74) is 11.1. The molecular weight excluding hydrogens is 396 g/mol. The minimum atomic E-state index is -1.16. The topological polar surface area (TPSA) is 46.3 Å². The van der Waals surface area contributed by atoms with E-state index >= 15 is 0 Å². The van der Waals surface area contributed by atoms with E-state index in [2.05, 4.69) is 6.07 Å². The van der Waals surface area contributed by atoms with E-state index < -0.39 is 10.8 Å². The van der Waals surface area contributed by atoms with Gasteiger partial charge in [0.25, 0.3) is 0 Å². The predicted octanol–water partition coefficient (Wildman–Crippen LogP) is 5.33. The summed E-state index contributed by atoms with van der Waals surface area (Å²) in [4.78, 5) is 2.56. The average molecular weight is 421 g/mol. The zero-order chi connectivity index (χ0) is 20.8. The number of hydrogen-bond donors (Lipinski definition) is 1. The van der Waals surface area contributed by atoms with Crippen LogP contribution in [-0.2, 0) is 16.6 Å². The van der Waals surface area contributed by atoms with E-state index in [0.29, 0.717) is 5.75 Å². The molecule has 0 saturated carbocycles. The number of thiocarbonyl (C=S) groups is 1. The Balaban J connectivity index is 1.89. The van der Waals surface area contributed by atoms with E-state index in [4.69, 9.17) is 18.0 Å². The molecule has 148 valence electrons. The Kier molecular flexibility index (Phi) is 6.96. The fourth-order valence-corrected chi connectivity index (χ4v) is 4.61. The molecule has 5 heteroatoms. The van der Waals surface area contributed by atoms with Crippen LogP contribution >= 0.6 is 12.2 Å². The van der Waals surface area contributed by atoms with Crippen LogP contribution in [0.2, 0.25) is 0 Å². The van der Waals surface area contributed by atoms with Crippen molar-refractivity contribution < 1.29 is 4.21 Å². The molecule has 0 spiro atoms. The van der Waals surface area contributed by atoms with Crippen LogP contribution in [0, 0.1) is 13.8 Å². The summed E-state index contributed by atoms with van der Waals surface area (Å²) < 4.78 is 13.0. The van der Waals surface area contributed by atoms with E-state index in [0.717, 1.165) is 32.8 Å². The standard InChI is InChI=1S/C24H24N2OS2/c1-18-14-19(2)16-22(15-18)26(24(25)28)13-12-21-10-6-7-11-23(21)29(27)17-20-8-4-3-5-9-20/h3-16H,17H2,1-2H3,(H2,25,28). The minimum Gasteiger partial charge on any atom is -0.376 e. The highest BCUT2D eigenvalue weighted by Crippen LogP contribution is 2.22. The third kappa shape index (κ3) is 5.62. The molecule has 2 N–H and O–H groups in total. The van der Waals surface area contributed by atoms with Gasteiger partial charge in [-0.25, -0.2) is 0 Å². The Morgan fingerprint density at radius 1 is 1.00 bits per heavy atom. The van der Waals surface area contributed by atoms with Gasteiger partial charge in [0, 0.05) is 16.8 Å². The Hall–Kier alpha value is -2.76. The van der Waals surface area contributed by atoms with Crippen LogP contribution in [0.3, 0.4) is 0 Å². The molecule has 3 aromatic rings. The lowest BCUT2D eigenvalue weighted by Gasteiger charge is -2.20. The predicted molar refractivity (Wildman–Crippen MR) is 127 cm³/mol. The summed E-state index contributed by atoms with van der Waals surface area (Å²) in [7, 11) is -1.16. The quantitative estimate of drug-likeness (QED) is 0.547. The second kappa shape index (κ2) is 9.63. The zero-order valence-corrected chi connectivity index (χ0v) is 18.2. The lowest BCUT2D eigenvalue weighted by molar-refractivity contribution is 0.682. The van der Waals surface area contributed by atoms with Crippen molar-refractivity contribution in [3.05, 3.63) is 101 Å². The normalized spacial score (nSPS) is 12.1. The molecule has 1 unspecified atom stereocenters. The molecule has 0 bridgehead atoms. The number of benzene rings is 3. The second-order valence-corrected chi connectivity index (χ2v) is 8.72. The number of rotatable bonds is 6. The summed E-state index contributed by atoms with van der Waals surface area (Å²) in [6.07, 6.45) is 3.75. The van der Waals surface area contributed by atoms with Gasteiger partial charge in [-0.05, 0) is 72.6 Å². The van der Waals surface area contributed by atoms with Crippen LogP contribution in [0.25, 0.3) is 6.08 Å². The molecule has 0 fully saturated rings. The smallest absolute Gasteiger partial charge is 0.174 e. The molecule has 0 heterocycles. The SMILES string of the molecule is Cc1cc(C)cc(N(C=Cc2ccccc2S(=O)Cc2ccccc2)C(N)=S)c1. The fourth-order valence-electron chi connectivity index (χ4n) is 3.16. The van der Waals surface area contributed by atoms with Crippen molar-refractivity contribution in [1.29, 1.82) is 0 Å². The summed E-state index contributed by atoms with van der Waals surface area (Å²) in [6.45, 7) is 4.08. The molecule has 3 rings (SSSR count). The highest BCUT2D eigenvalue weighted by molar-refractivity contribution is 7.84. The van der Waals surface area contributed by atoms with E-state index in [1.807, 2.05) is 92.9 Å². The van der Waals surface area contributed by atoms with Gasteiger partial charge in [0.2, 0.25) is 0 Å². The summed E-state index contributed by atoms with van der Waals surface area (Å²) in [6, 6.07) is 23.7. The lowest BCUT2D eigenvalue weighted by atomic mass is 10.1. The van der Waals surface area contributed by atoms with Crippen molar-refractivity contribution in [2.75, 3.05) is 4.90 Å². The molecule has 3 nitrogen and oxygen atoms in total. The highest BCUT2D eigenvalue weighted by atomic mass is 32.2. The lowest BCUT2D eigenvalue weighted by Crippen LogP contribution is -2.30. The largest absolute Gasteiger partial charge is 0.376 e. The molecular formula is C24H24N2OS2. The first-order valence-electron chi connectivity index (χ1n) is 9.30. The van der Waals surface area contributed by atoms with E-state index in [1.54, 1.807) is 4.90 Å². The van der Waals surface area contributed by atoms with Gasteiger partial charge in [0.1, 0.15) is 0 Å². The number of aryl methyl sites for hydroxylation is 2. The maximum absolute atomic E-state index is 13.0. The van der Waals surface area contributed by atoms with Gasteiger partial charge in [0.05, 0.1) is 16.6 Å². The molecule has 0 aliphatic heterocycles. The Morgan fingerprint density at radius 2 is 1.62 bits per heavy atom. The van der Waals surface area contributed by atoms with Gasteiger partial charge >= 0.3 is 0 Å². The van der Waals surface area contributed by atoms with E-state index in [9.17, 15) is 4.21 Å². The van der Waals surface area contributed by atoms with E-state index in [1.165, 1.54) is 0 Å². The second-order valence-electron chi connectivity index (χ2n) is 6.88. The summed E-state index contributed by atoms with van der Waals surface area (Å²) in [5, 5.41) is 0.258. The van der Waals surface area contributed by atoms with Crippen LogP contribution < -0.4 is 10.6 Å². The monoisotopic (exact) mass is 420 g/mol. The maximum Gasteiger partial charge on any atom is 0.174 e. The summed E-state index contributed by atoms with van der Waals surface area (Å²) >= 11 is 5.26. The molecule has 29 heavy (non-hydrogen) atoms. The molecule has 1 atom stereocenters. The van der Waals surface area contributed by atoms with Gasteiger partial charge in [-0.2, -0.15) is 0 Å². The Labute approximate surface area is 180 Å². The van der Waals surface area contributed by atoms with Gasteiger partial charge in [-0.1, -0.05) is 54.6 Å². The fraction of sp³-hybridized carbons (Fsp3) is 0.125. The minimum absolute atomic E-state index is 0.258. The van der Waals surface area contributed by atoms with Crippen molar-refractivity contribution in [2.45, 2.75) is 24.5 Å². The number of anilines is 1. The van der Waals surface area contributed by atoms with Crippen molar-refractivity contribution in [1.82, 2.24) is 0 Å². The molecule has 0 radical (unpaired) electrons. The van der Waals surface area contributed by atoms with Crippen LogP contribution in [0.5, 0.6) is 0 Å².